The highest BCUT2D eigenvalue weighted by atomic mass is 32.2. The van der Waals surface area contributed by atoms with Gasteiger partial charge in [0, 0.05) is 12.6 Å². The molecule has 1 saturated carbocycles. The highest BCUT2D eigenvalue weighted by Crippen LogP contribution is 2.39. The molecule has 0 spiro atoms. The van der Waals surface area contributed by atoms with Crippen LogP contribution in [0.3, 0.4) is 0 Å². The third-order valence-corrected chi connectivity index (χ3v) is 6.96. The van der Waals surface area contributed by atoms with E-state index in [9.17, 15) is 26.0 Å². The summed E-state index contributed by atoms with van der Waals surface area (Å²) in [6.07, 6.45) is 0.395. The Hall–Kier alpha value is -1.15. The number of rotatable bonds is 2. The van der Waals surface area contributed by atoms with Gasteiger partial charge in [0.25, 0.3) is 0 Å². The maximum absolute atomic E-state index is 13.4. The van der Waals surface area contributed by atoms with Gasteiger partial charge in [-0.1, -0.05) is 12.8 Å². The Kier molecular flexibility index (Phi) is 4.63. The van der Waals surface area contributed by atoms with E-state index in [0.29, 0.717) is 25.1 Å². The van der Waals surface area contributed by atoms with Gasteiger partial charge in [-0.3, -0.25) is 0 Å². The van der Waals surface area contributed by atoms with Gasteiger partial charge >= 0.3 is 6.18 Å². The van der Waals surface area contributed by atoms with Crippen molar-refractivity contribution < 1.29 is 26.0 Å². The molecule has 24 heavy (non-hydrogen) atoms. The second kappa shape index (κ2) is 6.29. The summed E-state index contributed by atoms with van der Waals surface area (Å²) < 4.78 is 79.2. The van der Waals surface area contributed by atoms with Crippen LogP contribution in [0.4, 0.5) is 17.6 Å². The van der Waals surface area contributed by atoms with E-state index in [-0.39, 0.29) is 12.0 Å². The van der Waals surface area contributed by atoms with Gasteiger partial charge in [0.15, 0.2) is 0 Å². The van der Waals surface area contributed by atoms with Gasteiger partial charge in [-0.2, -0.15) is 17.5 Å². The van der Waals surface area contributed by atoms with Gasteiger partial charge < -0.3 is 0 Å². The van der Waals surface area contributed by atoms with E-state index in [1.807, 2.05) is 0 Å². The van der Waals surface area contributed by atoms with Crippen molar-refractivity contribution in [1.82, 2.24) is 4.31 Å². The molecule has 0 N–H and O–H groups in total. The average Bonchev–Trinajstić information content (AvgIpc) is 2.53. The SMILES string of the molecule is O=S(=O)(c1ccc(F)c(C(F)(F)F)c1)N1CCCC2CCCCC21. The van der Waals surface area contributed by atoms with Gasteiger partial charge in [-0.15, -0.1) is 0 Å². The minimum Gasteiger partial charge on any atom is -0.207 e. The molecule has 0 bridgehead atoms. The van der Waals surface area contributed by atoms with Crippen molar-refractivity contribution in [1.29, 1.82) is 0 Å². The molecule has 134 valence electrons. The number of nitrogens with zero attached hydrogens (tertiary/aromatic N) is 1. The fourth-order valence-electron chi connectivity index (χ4n) is 3.89. The topological polar surface area (TPSA) is 37.4 Å². The molecule has 1 heterocycles. The molecule has 1 aromatic carbocycles. The maximum atomic E-state index is 13.4. The van der Waals surface area contributed by atoms with Crippen molar-refractivity contribution >= 4 is 10.0 Å². The average molecular weight is 365 g/mol. The number of halogens is 4. The number of fused-ring (bicyclic) bond motifs is 1. The smallest absolute Gasteiger partial charge is 0.207 e. The van der Waals surface area contributed by atoms with Crippen LogP contribution >= 0.6 is 0 Å². The summed E-state index contributed by atoms with van der Waals surface area (Å²) in [6.45, 7) is 0.308. The van der Waals surface area contributed by atoms with E-state index in [1.165, 1.54) is 4.31 Å². The number of hydrogen-bond donors (Lipinski definition) is 0. The summed E-state index contributed by atoms with van der Waals surface area (Å²) in [5.41, 5.74) is -1.54. The molecular weight excluding hydrogens is 346 g/mol. The van der Waals surface area contributed by atoms with Crippen LogP contribution in [0, 0.1) is 11.7 Å². The molecule has 0 aromatic heterocycles. The molecule has 2 atom stereocenters. The van der Waals surface area contributed by atoms with E-state index < -0.39 is 32.5 Å². The Labute approximate surface area is 138 Å². The minimum atomic E-state index is -4.93. The standard InChI is InChI=1S/C16H19F4NO2S/c17-14-8-7-12(10-13(14)16(18,19)20)24(22,23)21-9-3-5-11-4-1-2-6-15(11)21/h7-8,10-11,15H,1-6,9H2. The first-order valence-electron chi connectivity index (χ1n) is 8.10. The molecule has 1 saturated heterocycles. The fourth-order valence-corrected chi connectivity index (χ4v) is 5.68. The summed E-state index contributed by atoms with van der Waals surface area (Å²) in [5, 5.41) is 0. The summed E-state index contributed by atoms with van der Waals surface area (Å²) in [5.74, 6) is -1.19. The Balaban J connectivity index is 1.98. The first-order valence-corrected chi connectivity index (χ1v) is 9.54. The molecule has 1 aliphatic carbocycles. The number of piperidine rings is 1. The van der Waals surface area contributed by atoms with Crippen molar-refractivity contribution in [2.75, 3.05) is 6.54 Å². The number of hydrogen-bond acceptors (Lipinski definition) is 2. The molecule has 1 aliphatic heterocycles. The second-order valence-electron chi connectivity index (χ2n) is 6.51. The summed E-state index contributed by atoms with van der Waals surface area (Å²) in [7, 11) is -4.07. The fraction of sp³-hybridized carbons (Fsp3) is 0.625. The molecule has 0 amide bonds. The van der Waals surface area contributed by atoms with Crippen LogP contribution in [0.25, 0.3) is 0 Å². The van der Waals surface area contributed by atoms with E-state index in [0.717, 1.165) is 38.2 Å². The Morgan fingerprint density at radius 1 is 1.04 bits per heavy atom. The van der Waals surface area contributed by atoms with Crippen LogP contribution in [0.2, 0.25) is 0 Å². The van der Waals surface area contributed by atoms with Gasteiger partial charge in [0.1, 0.15) is 5.82 Å². The summed E-state index contributed by atoms with van der Waals surface area (Å²) >= 11 is 0. The van der Waals surface area contributed by atoms with E-state index in [2.05, 4.69) is 0 Å². The van der Waals surface area contributed by atoms with Crippen molar-refractivity contribution in [3.63, 3.8) is 0 Å². The second-order valence-corrected chi connectivity index (χ2v) is 8.40. The highest BCUT2D eigenvalue weighted by Gasteiger charge is 2.41. The van der Waals surface area contributed by atoms with Crippen LogP contribution in [0.1, 0.15) is 44.1 Å². The molecule has 3 nitrogen and oxygen atoms in total. The van der Waals surface area contributed by atoms with Crippen LogP contribution < -0.4 is 0 Å². The Bertz CT molecular complexity index is 715. The van der Waals surface area contributed by atoms with Crippen molar-refractivity contribution in [2.45, 2.75) is 55.6 Å². The van der Waals surface area contributed by atoms with E-state index in [1.54, 1.807) is 0 Å². The first-order chi connectivity index (χ1) is 11.2. The van der Waals surface area contributed by atoms with Crippen LogP contribution in [-0.4, -0.2) is 25.3 Å². The number of sulfonamides is 1. The third kappa shape index (κ3) is 3.18. The molecule has 2 unspecified atom stereocenters. The summed E-state index contributed by atoms with van der Waals surface area (Å²) in [6, 6.07) is 1.76. The first kappa shape index (κ1) is 17.7. The molecule has 0 radical (unpaired) electrons. The quantitative estimate of drug-likeness (QED) is 0.737. The lowest BCUT2D eigenvalue weighted by molar-refractivity contribution is -0.140. The van der Waals surface area contributed by atoms with Gasteiger partial charge in [0.05, 0.1) is 10.5 Å². The zero-order valence-electron chi connectivity index (χ0n) is 13.0. The zero-order chi connectivity index (χ0) is 17.5. The molecule has 2 aliphatic rings. The van der Waals surface area contributed by atoms with Crippen molar-refractivity contribution in [2.24, 2.45) is 5.92 Å². The predicted octanol–water partition coefficient (Wildman–Crippen LogP) is 4.19. The third-order valence-electron chi connectivity index (χ3n) is 5.04. The largest absolute Gasteiger partial charge is 0.419 e. The van der Waals surface area contributed by atoms with Gasteiger partial charge in [-0.25, -0.2) is 12.8 Å². The van der Waals surface area contributed by atoms with Crippen molar-refractivity contribution in [3.8, 4) is 0 Å². The molecule has 3 rings (SSSR count). The van der Waals surface area contributed by atoms with E-state index in [4.69, 9.17) is 0 Å². The Morgan fingerprint density at radius 2 is 1.71 bits per heavy atom. The summed E-state index contributed by atoms with van der Waals surface area (Å²) in [4.78, 5) is -0.484. The van der Waals surface area contributed by atoms with Gasteiger partial charge in [0.2, 0.25) is 10.0 Å². The lowest BCUT2D eigenvalue weighted by Gasteiger charge is -2.43. The highest BCUT2D eigenvalue weighted by molar-refractivity contribution is 7.89. The predicted molar refractivity (Wildman–Crippen MR) is 80.3 cm³/mol. The molecule has 8 heteroatoms. The number of alkyl halides is 3. The molecular formula is C16H19F4NO2S. The van der Waals surface area contributed by atoms with Gasteiger partial charge in [-0.05, 0) is 49.8 Å². The Morgan fingerprint density at radius 3 is 2.42 bits per heavy atom. The van der Waals surface area contributed by atoms with Crippen LogP contribution in [-0.2, 0) is 16.2 Å². The van der Waals surface area contributed by atoms with Crippen molar-refractivity contribution in [3.05, 3.63) is 29.6 Å². The van der Waals surface area contributed by atoms with Crippen LogP contribution in [0.5, 0.6) is 0 Å². The lowest BCUT2D eigenvalue weighted by atomic mass is 9.79. The maximum Gasteiger partial charge on any atom is 0.419 e. The van der Waals surface area contributed by atoms with E-state index >= 15 is 0 Å². The monoisotopic (exact) mass is 365 g/mol. The zero-order valence-corrected chi connectivity index (χ0v) is 13.8. The normalized spacial score (nSPS) is 26.2. The number of benzene rings is 1. The minimum absolute atomic E-state index is 0.156. The molecule has 1 aromatic rings. The van der Waals surface area contributed by atoms with Crippen LogP contribution in [0.15, 0.2) is 23.1 Å². The lowest BCUT2D eigenvalue weighted by Crippen LogP contribution is -2.49. The molecule has 2 fully saturated rings.